The van der Waals surface area contributed by atoms with Crippen molar-refractivity contribution in [2.45, 2.75) is 58.9 Å². The molecule has 1 saturated carbocycles. The largest absolute Gasteiger partial charge is 0.313 e. The van der Waals surface area contributed by atoms with E-state index in [1.165, 1.54) is 57.3 Å². The van der Waals surface area contributed by atoms with E-state index in [9.17, 15) is 0 Å². The molecular weight excluding hydrogens is 220 g/mol. The summed E-state index contributed by atoms with van der Waals surface area (Å²) in [6, 6.07) is 0.775. The summed E-state index contributed by atoms with van der Waals surface area (Å²) in [6.45, 7) is 11.7. The minimum absolute atomic E-state index is 0.694. The lowest BCUT2D eigenvalue weighted by Gasteiger charge is -2.32. The molecule has 0 unspecified atom stereocenters. The van der Waals surface area contributed by atoms with Crippen LogP contribution in [0.3, 0.4) is 0 Å². The number of hydrogen-bond donors (Lipinski definition) is 1. The molecule has 1 N–H and O–H groups in total. The van der Waals surface area contributed by atoms with Crippen molar-refractivity contribution in [1.82, 2.24) is 10.2 Å². The maximum Gasteiger partial charge on any atom is 0.0165 e. The number of allylic oxidation sites excluding steroid dienone is 1. The molecule has 1 heterocycles. The molecule has 1 aliphatic carbocycles. The van der Waals surface area contributed by atoms with Crippen LogP contribution < -0.4 is 5.32 Å². The van der Waals surface area contributed by atoms with E-state index >= 15 is 0 Å². The smallest absolute Gasteiger partial charge is 0.0165 e. The Hall–Kier alpha value is -0.340. The van der Waals surface area contributed by atoms with E-state index in [1.54, 1.807) is 0 Å². The molecule has 2 fully saturated rings. The first-order chi connectivity index (χ1) is 8.63. The average Bonchev–Trinajstić information content (AvgIpc) is 3.16. The zero-order chi connectivity index (χ0) is 13.0. The Kier molecular flexibility index (Phi) is 4.85. The lowest BCUT2D eigenvalue weighted by atomic mass is 10.0. The average molecular weight is 250 g/mol. The van der Waals surface area contributed by atoms with Gasteiger partial charge in [0, 0.05) is 19.1 Å². The first-order valence-corrected chi connectivity index (χ1v) is 7.73. The lowest BCUT2D eigenvalue weighted by molar-refractivity contribution is 0.209. The van der Waals surface area contributed by atoms with Crippen LogP contribution in [0, 0.1) is 5.41 Å². The quantitative estimate of drug-likeness (QED) is 0.728. The first kappa shape index (κ1) is 14.1. The van der Waals surface area contributed by atoms with Crippen molar-refractivity contribution in [3.8, 4) is 0 Å². The second kappa shape index (κ2) is 6.21. The normalized spacial score (nSPS) is 23.9. The maximum atomic E-state index is 3.82. The van der Waals surface area contributed by atoms with Crippen molar-refractivity contribution in [1.29, 1.82) is 0 Å². The number of hydrogen-bond acceptors (Lipinski definition) is 2. The highest BCUT2D eigenvalue weighted by molar-refractivity contribution is 4.97. The molecule has 0 aromatic heterocycles. The van der Waals surface area contributed by atoms with Gasteiger partial charge in [-0.25, -0.2) is 0 Å². The lowest BCUT2D eigenvalue weighted by Crippen LogP contribution is -2.44. The number of piperidine rings is 1. The molecule has 2 heteroatoms. The first-order valence-electron chi connectivity index (χ1n) is 7.73. The van der Waals surface area contributed by atoms with Gasteiger partial charge in [-0.3, -0.25) is 4.90 Å². The molecular formula is C16H30N2. The van der Waals surface area contributed by atoms with Gasteiger partial charge >= 0.3 is 0 Å². The van der Waals surface area contributed by atoms with Crippen LogP contribution in [0.2, 0.25) is 0 Å². The number of nitrogens with one attached hydrogen (secondary N) is 1. The standard InChI is InChI=1S/C16H30N2/c1-4-16(8-9-16)13-17-15-6-11-18(12-7-15)10-5-14(2)3/h5,15,17H,4,6-13H2,1-3H3. The third-order valence-electron chi connectivity index (χ3n) is 4.82. The molecule has 1 saturated heterocycles. The van der Waals surface area contributed by atoms with Crippen molar-refractivity contribution < 1.29 is 0 Å². The van der Waals surface area contributed by atoms with Gasteiger partial charge < -0.3 is 5.32 Å². The van der Waals surface area contributed by atoms with Crippen LogP contribution in [0.5, 0.6) is 0 Å². The molecule has 2 nitrogen and oxygen atoms in total. The molecule has 0 amide bonds. The van der Waals surface area contributed by atoms with Gasteiger partial charge in [0.2, 0.25) is 0 Å². The van der Waals surface area contributed by atoms with Crippen molar-refractivity contribution in [2.75, 3.05) is 26.2 Å². The molecule has 0 spiro atoms. The summed E-state index contributed by atoms with van der Waals surface area (Å²) in [6.07, 6.45) is 9.28. The fraction of sp³-hybridized carbons (Fsp3) is 0.875. The third kappa shape index (κ3) is 4.10. The molecule has 0 radical (unpaired) electrons. The van der Waals surface area contributed by atoms with Gasteiger partial charge in [-0.1, -0.05) is 18.6 Å². The molecule has 2 aliphatic rings. The molecule has 18 heavy (non-hydrogen) atoms. The highest BCUT2D eigenvalue weighted by Crippen LogP contribution is 2.48. The van der Waals surface area contributed by atoms with Crippen LogP contribution in [-0.2, 0) is 0 Å². The minimum Gasteiger partial charge on any atom is -0.313 e. The minimum atomic E-state index is 0.694. The topological polar surface area (TPSA) is 15.3 Å². The molecule has 1 aliphatic heterocycles. The number of likely N-dealkylation sites (tertiary alicyclic amines) is 1. The van der Waals surface area contributed by atoms with E-state index in [4.69, 9.17) is 0 Å². The molecule has 104 valence electrons. The van der Waals surface area contributed by atoms with E-state index < -0.39 is 0 Å². The Balaban J connectivity index is 1.63. The number of rotatable bonds is 6. The van der Waals surface area contributed by atoms with Crippen LogP contribution in [0.1, 0.15) is 52.9 Å². The van der Waals surface area contributed by atoms with Gasteiger partial charge in [-0.2, -0.15) is 0 Å². The third-order valence-corrected chi connectivity index (χ3v) is 4.82. The van der Waals surface area contributed by atoms with Gasteiger partial charge in [0.05, 0.1) is 0 Å². The number of nitrogens with zero attached hydrogens (tertiary/aromatic N) is 1. The molecule has 0 aromatic carbocycles. The molecule has 2 rings (SSSR count). The van der Waals surface area contributed by atoms with Gasteiger partial charge in [-0.05, 0) is 64.5 Å². The molecule has 0 atom stereocenters. The fourth-order valence-corrected chi connectivity index (χ4v) is 2.82. The van der Waals surface area contributed by atoms with Crippen LogP contribution in [0.4, 0.5) is 0 Å². The SMILES string of the molecule is CCC1(CNC2CCN(CC=C(C)C)CC2)CC1. The Labute approximate surface area is 113 Å². The fourth-order valence-electron chi connectivity index (χ4n) is 2.82. The van der Waals surface area contributed by atoms with Crippen molar-refractivity contribution in [3.05, 3.63) is 11.6 Å². The summed E-state index contributed by atoms with van der Waals surface area (Å²) >= 11 is 0. The molecule has 0 bridgehead atoms. The van der Waals surface area contributed by atoms with Crippen LogP contribution >= 0.6 is 0 Å². The second-order valence-electron chi connectivity index (χ2n) is 6.59. The summed E-state index contributed by atoms with van der Waals surface area (Å²) in [5.74, 6) is 0. The monoisotopic (exact) mass is 250 g/mol. The second-order valence-corrected chi connectivity index (χ2v) is 6.59. The molecule has 0 aromatic rings. The summed E-state index contributed by atoms with van der Waals surface area (Å²) in [7, 11) is 0. The van der Waals surface area contributed by atoms with Crippen molar-refractivity contribution >= 4 is 0 Å². The van der Waals surface area contributed by atoms with E-state index in [0.717, 1.165) is 12.6 Å². The predicted octanol–water partition coefficient (Wildman–Crippen LogP) is 3.20. The Bertz CT molecular complexity index is 279. The maximum absolute atomic E-state index is 3.82. The van der Waals surface area contributed by atoms with Crippen LogP contribution in [0.25, 0.3) is 0 Å². The van der Waals surface area contributed by atoms with Crippen LogP contribution in [0.15, 0.2) is 11.6 Å². The van der Waals surface area contributed by atoms with E-state index in [-0.39, 0.29) is 0 Å². The van der Waals surface area contributed by atoms with Gasteiger partial charge in [0.15, 0.2) is 0 Å². The summed E-state index contributed by atoms with van der Waals surface area (Å²) in [5.41, 5.74) is 2.13. The summed E-state index contributed by atoms with van der Waals surface area (Å²) < 4.78 is 0. The zero-order valence-corrected chi connectivity index (χ0v) is 12.5. The van der Waals surface area contributed by atoms with Crippen molar-refractivity contribution in [2.24, 2.45) is 5.41 Å². The van der Waals surface area contributed by atoms with Crippen LogP contribution in [-0.4, -0.2) is 37.1 Å². The van der Waals surface area contributed by atoms with Gasteiger partial charge in [0.1, 0.15) is 0 Å². The Morgan fingerprint density at radius 1 is 1.28 bits per heavy atom. The predicted molar refractivity (Wildman–Crippen MR) is 78.9 cm³/mol. The van der Waals surface area contributed by atoms with Gasteiger partial charge in [-0.15, -0.1) is 0 Å². The van der Waals surface area contributed by atoms with E-state index in [2.05, 4.69) is 37.1 Å². The van der Waals surface area contributed by atoms with Crippen molar-refractivity contribution in [3.63, 3.8) is 0 Å². The van der Waals surface area contributed by atoms with E-state index in [1.807, 2.05) is 0 Å². The zero-order valence-electron chi connectivity index (χ0n) is 12.5. The summed E-state index contributed by atoms with van der Waals surface area (Å²) in [4.78, 5) is 2.58. The van der Waals surface area contributed by atoms with Gasteiger partial charge in [0.25, 0.3) is 0 Å². The Morgan fingerprint density at radius 3 is 2.44 bits per heavy atom. The van der Waals surface area contributed by atoms with E-state index in [0.29, 0.717) is 5.41 Å². The highest BCUT2D eigenvalue weighted by atomic mass is 15.1. The summed E-state index contributed by atoms with van der Waals surface area (Å²) in [5, 5.41) is 3.82. The highest BCUT2D eigenvalue weighted by Gasteiger charge is 2.40. The Morgan fingerprint density at radius 2 is 1.94 bits per heavy atom.